The molecule has 2 aromatic carbocycles. The third-order valence-corrected chi connectivity index (χ3v) is 3.24. The smallest absolute Gasteiger partial charge is 0.274 e. The van der Waals surface area contributed by atoms with Gasteiger partial charge in [-0.2, -0.15) is 0 Å². The molecule has 19 heavy (non-hydrogen) atoms. The Bertz CT molecular complexity index is 619. The van der Waals surface area contributed by atoms with Crippen molar-refractivity contribution < 1.29 is 9.31 Å². The Hall–Kier alpha value is -1.95. The van der Waals surface area contributed by atoms with Crippen molar-refractivity contribution in [2.24, 2.45) is 0 Å². The lowest BCUT2D eigenvalue weighted by atomic mass is 10.2. The van der Waals surface area contributed by atoms with Gasteiger partial charge in [0.05, 0.1) is 4.92 Å². The highest BCUT2D eigenvalue weighted by atomic mass is 79.9. The van der Waals surface area contributed by atoms with Crippen LogP contribution in [0.1, 0.15) is 5.56 Å². The first-order chi connectivity index (χ1) is 9.08. The molecule has 0 aliphatic carbocycles. The van der Waals surface area contributed by atoms with Gasteiger partial charge in [-0.25, -0.2) is 4.39 Å². The molecule has 2 rings (SSSR count). The van der Waals surface area contributed by atoms with Crippen molar-refractivity contribution >= 4 is 27.3 Å². The van der Waals surface area contributed by atoms with Crippen LogP contribution in [-0.4, -0.2) is 4.92 Å². The van der Waals surface area contributed by atoms with Crippen LogP contribution in [0.4, 0.5) is 15.8 Å². The maximum Gasteiger partial charge on any atom is 0.274 e. The van der Waals surface area contributed by atoms with E-state index in [1.165, 1.54) is 18.2 Å². The number of benzene rings is 2. The summed E-state index contributed by atoms with van der Waals surface area (Å²) < 4.78 is 13.5. The van der Waals surface area contributed by atoms with E-state index in [1.54, 1.807) is 24.3 Å². The van der Waals surface area contributed by atoms with Gasteiger partial charge in [0.25, 0.3) is 5.69 Å². The Balaban J connectivity index is 2.17. The fourth-order valence-corrected chi connectivity index (χ4v) is 2.15. The maximum absolute atomic E-state index is 12.9. The molecule has 0 spiro atoms. The van der Waals surface area contributed by atoms with Gasteiger partial charge in [-0.1, -0.05) is 18.2 Å². The van der Waals surface area contributed by atoms with Crippen LogP contribution >= 0.6 is 15.9 Å². The largest absolute Gasteiger partial charge is 0.380 e. The Morgan fingerprint density at radius 3 is 2.68 bits per heavy atom. The van der Waals surface area contributed by atoms with Gasteiger partial charge in [-0.3, -0.25) is 10.1 Å². The predicted octanol–water partition coefficient (Wildman–Crippen LogP) is 4.11. The molecule has 0 saturated carbocycles. The quantitative estimate of drug-likeness (QED) is 0.680. The van der Waals surface area contributed by atoms with Crippen molar-refractivity contribution in [1.29, 1.82) is 0 Å². The molecule has 0 saturated heterocycles. The second-order valence-electron chi connectivity index (χ2n) is 3.86. The second-order valence-corrected chi connectivity index (χ2v) is 4.72. The summed E-state index contributed by atoms with van der Waals surface area (Å²) in [5.41, 5.74) is 1.32. The normalized spacial score (nSPS) is 10.2. The van der Waals surface area contributed by atoms with Crippen molar-refractivity contribution in [3.8, 4) is 0 Å². The number of para-hydroxylation sites is 1. The summed E-state index contributed by atoms with van der Waals surface area (Å²) in [6.07, 6.45) is 0. The zero-order chi connectivity index (χ0) is 13.8. The van der Waals surface area contributed by atoms with E-state index in [2.05, 4.69) is 21.2 Å². The minimum absolute atomic E-state index is 0.0632. The molecule has 0 aromatic heterocycles. The highest BCUT2D eigenvalue weighted by Crippen LogP contribution is 2.25. The van der Waals surface area contributed by atoms with E-state index < -0.39 is 4.92 Å². The lowest BCUT2D eigenvalue weighted by Gasteiger charge is -2.09. The summed E-state index contributed by atoms with van der Waals surface area (Å²) in [6.45, 7) is 0.293. The summed E-state index contributed by atoms with van der Waals surface area (Å²) >= 11 is 3.23. The van der Waals surface area contributed by atoms with E-state index in [0.717, 1.165) is 0 Å². The first-order valence-corrected chi connectivity index (χ1v) is 6.28. The van der Waals surface area contributed by atoms with Crippen LogP contribution in [0.5, 0.6) is 0 Å². The molecule has 1 N–H and O–H groups in total. The Morgan fingerprint density at radius 2 is 2.00 bits per heavy atom. The van der Waals surface area contributed by atoms with Crippen molar-refractivity contribution in [2.45, 2.75) is 6.54 Å². The fourth-order valence-electron chi connectivity index (χ4n) is 1.66. The molecule has 0 fully saturated rings. The van der Waals surface area contributed by atoms with Crippen LogP contribution in [0.3, 0.4) is 0 Å². The zero-order valence-corrected chi connectivity index (χ0v) is 11.4. The molecule has 0 bridgehead atoms. The van der Waals surface area contributed by atoms with Crippen LogP contribution in [0.25, 0.3) is 0 Å². The number of hydrogen-bond donors (Lipinski definition) is 1. The number of rotatable bonds is 4. The molecule has 6 heteroatoms. The molecule has 0 heterocycles. The Labute approximate surface area is 117 Å². The molecular formula is C13H10BrFN2O2. The number of hydrogen-bond acceptors (Lipinski definition) is 3. The molecule has 0 aliphatic heterocycles. The first-order valence-electron chi connectivity index (χ1n) is 5.49. The average Bonchev–Trinajstić information content (AvgIpc) is 2.38. The lowest BCUT2D eigenvalue weighted by molar-refractivity contribution is -0.385. The second kappa shape index (κ2) is 5.79. The van der Waals surface area contributed by atoms with Crippen molar-refractivity contribution in [2.75, 3.05) is 5.32 Å². The first kappa shape index (κ1) is 13.5. The van der Waals surface area contributed by atoms with Crippen LogP contribution < -0.4 is 5.32 Å². The molecule has 0 amide bonds. The summed E-state index contributed by atoms with van der Waals surface area (Å²) in [7, 11) is 0. The van der Waals surface area contributed by atoms with Gasteiger partial charge in [-0.15, -0.1) is 0 Å². The molecule has 4 nitrogen and oxygen atoms in total. The SMILES string of the molecule is O=[N+]([O-])c1ccccc1CNc1ccc(F)cc1Br. The molecular weight excluding hydrogens is 315 g/mol. The molecule has 98 valence electrons. The summed E-state index contributed by atoms with van der Waals surface area (Å²) in [6, 6.07) is 10.7. The number of anilines is 1. The van der Waals surface area contributed by atoms with Gasteiger partial charge in [0.1, 0.15) is 5.82 Å². The van der Waals surface area contributed by atoms with E-state index in [-0.39, 0.29) is 11.5 Å². The summed E-state index contributed by atoms with van der Waals surface area (Å²) in [5.74, 6) is -0.344. The standard InChI is InChI=1S/C13H10BrFN2O2/c14-11-7-10(15)5-6-12(11)16-8-9-3-1-2-4-13(9)17(18)19/h1-7,16H,8H2. The molecule has 0 unspecified atom stereocenters. The Kier molecular flexibility index (Phi) is 4.11. The monoisotopic (exact) mass is 324 g/mol. The highest BCUT2D eigenvalue weighted by Gasteiger charge is 2.12. The number of nitrogens with one attached hydrogen (secondary N) is 1. The van der Waals surface area contributed by atoms with Gasteiger partial charge >= 0.3 is 0 Å². The number of nitro groups is 1. The lowest BCUT2D eigenvalue weighted by Crippen LogP contribution is -2.03. The average molecular weight is 325 g/mol. The van der Waals surface area contributed by atoms with Gasteiger partial charge in [0, 0.05) is 28.3 Å². The minimum Gasteiger partial charge on any atom is -0.380 e. The fraction of sp³-hybridized carbons (Fsp3) is 0.0769. The van der Waals surface area contributed by atoms with Gasteiger partial charge < -0.3 is 5.32 Å². The van der Waals surface area contributed by atoms with E-state index in [9.17, 15) is 14.5 Å². The predicted molar refractivity (Wildman–Crippen MR) is 74.5 cm³/mol. The molecule has 0 aliphatic rings. The van der Waals surface area contributed by atoms with E-state index >= 15 is 0 Å². The Morgan fingerprint density at radius 1 is 1.26 bits per heavy atom. The van der Waals surface area contributed by atoms with E-state index in [0.29, 0.717) is 22.3 Å². The van der Waals surface area contributed by atoms with Gasteiger partial charge in [0.15, 0.2) is 0 Å². The van der Waals surface area contributed by atoms with Crippen LogP contribution in [0.2, 0.25) is 0 Å². The molecule has 0 atom stereocenters. The van der Waals surface area contributed by atoms with Gasteiger partial charge in [0.2, 0.25) is 0 Å². The number of nitro benzene ring substituents is 1. The third kappa shape index (κ3) is 3.29. The van der Waals surface area contributed by atoms with E-state index in [4.69, 9.17) is 0 Å². The minimum atomic E-state index is -0.420. The van der Waals surface area contributed by atoms with Crippen molar-refractivity contribution in [3.63, 3.8) is 0 Å². The van der Waals surface area contributed by atoms with E-state index in [1.807, 2.05) is 0 Å². The van der Waals surface area contributed by atoms with Gasteiger partial charge in [-0.05, 0) is 34.1 Å². The van der Waals surface area contributed by atoms with Crippen LogP contribution in [0.15, 0.2) is 46.9 Å². The zero-order valence-electron chi connectivity index (χ0n) is 9.77. The van der Waals surface area contributed by atoms with Crippen LogP contribution in [-0.2, 0) is 6.54 Å². The summed E-state index contributed by atoms with van der Waals surface area (Å²) in [4.78, 5) is 10.4. The van der Waals surface area contributed by atoms with Crippen molar-refractivity contribution in [3.05, 3.63) is 68.4 Å². The molecule has 0 radical (unpaired) electrons. The highest BCUT2D eigenvalue weighted by molar-refractivity contribution is 9.10. The maximum atomic E-state index is 12.9. The third-order valence-electron chi connectivity index (χ3n) is 2.59. The van der Waals surface area contributed by atoms with Crippen molar-refractivity contribution in [1.82, 2.24) is 0 Å². The number of halogens is 2. The topological polar surface area (TPSA) is 55.2 Å². The number of nitrogens with zero attached hydrogens (tertiary/aromatic N) is 1. The molecule has 2 aromatic rings. The summed E-state index contributed by atoms with van der Waals surface area (Å²) in [5, 5.41) is 13.9. The van der Waals surface area contributed by atoms with Crippen LogP contribution in [0, 0.1) is 15.9 Å².